The molecule has 0 spiro atoms. The van der Waals surface area contributed by atoms with Crippen LogP contribution in [0.4, 0.5) is 0 Å². The molecule has 0 amide bonds. The maximum atomic E-state index is 6.04. The van der Waals surface area contributed by atoms with Gasteiger partial charge >= 0.3 is 7.12 Å². The SMILES string of the molecule is CC1(C)OB(c2cc(OC3CC3)cc(I)n2)OC1(C)C. The van der Waals surface area contributed by atoms with Crippen molar-refractivity contribution in [1.82, 2.24) is 4.98 Å². The van der Waals surface area contributed by atoms with E-state index in [1.807, 2.05) is 39.8 Å². The number of hydrogen-bond acceptors (Lipinski definition) is 4. The summed E-state index contributed by atoms with van der Waals surface area (Å²) in [5, 5.41) is 0. The quantitative estimate of drug-likeness (QED) is 0.454. The molecule has 1 aliphatic heterocycles. The van der Waals surface area contributed by atoms with Crippen LogP contribution < -0.4 is 10.3 Å². The van der Waals surface area contributed by atoms with Gasteiger partial charge in [-0.05, 0) is 69.2 Å². The van der Waals surface area contributed by atoms with Crippen molar-refractivity contribution in [2.24, 2.45) is 0 Å². The third-order valence-electron chi connectivity index (χ3n) is 4.11. The van der Waals surface area contributed by atoms with Crippen molar-refractivity contribution >= 4 is 35.3 Å². The Morgan fingerprint density at radius 1 is 1.20 bits per heavy atom. The standard InChI is InChI=1S/C14H19BINO3/c1-13(2)14(3,4)20-15(19-13)11-7-10(8-12(16)17-11)18-9-5-6-9/h7-9H,5-6H2,1-4H3. The molecule has 1 saturated carbocycles. The highest BCUT2D eigenvalue weighted by molar-refractivity contribution is 14.1. The van der Waals surface area contributed by atoms with Gasteiger partial charge in [-0.2, -0.15) is 0 Å². The Bertz CT molecular complexity index is 515. The lowest BCUT2D eigenvalue weighted by Crippen LogP contribution is -2.41. The number of aromatic nitrogens is 1. The molecule has 0 bridgehead atoms. The van der Waals surface area contributed by atoms with E-state index in [1.54, 1.807) is 0 Å². The molecule has 2 aliphatic rings. The summed E-state index contributed by atoms with van der Waals surface area (Å²) in [4.78, 5) is 4.53. The number of pyridine rings is 1. The van der Waals surface area contributed by atoms with Crippen LogP contribution in [0, 0.1) is 3.70 Å². The van der Waals surface area contributed by atoms with Crippen molar-refractivity contribution in [3.05, 3.63) is 15.8 Å². The lowest BCUT2D eigenvalue weighted by molar-refractivity contribution is 0.00578. The van der Waals surface area contributed by atoms with E-state index in [1.165, 1.54) is 0 Å². The van der Waals surface area contributed by atoms with Gasteiger partial charge in [-0.3, -0.25) is 4.98 Å². The molecule has 1 saturated heterocycles. The molecule has 1 aromatic rings. The average molecular weight is 387 g/mol. The van der Waals surface area contributed by atoms with Gasteiger partial charge in [0.15, 0.2) is 0 Å². The van der Waals surface area contributed by atoms with Crippen LogP contribution in [0.2, 0.25) is 0 Å². The van der Waals surface area contributed by atoms with E-state index >= 15 is 0 Å². The van der Waals surface area contributed by atoms with Gasteiger partial charge < -0.3 is 14.0 Å². The van der Waals surface area contributed by atoms with Crippen LogP contribution in [-0.2, 0) is 9.31 Å². The lowest BCUT2D eigenvalue weighted by Gasteiger charge is -2.32. The van der Waals surface area contributed by atoms with Crippen LogP contribution in [0.5, 0.6) is 5.75 Å². The molecule has 4 nitrogen and oxygen atoms in total. The molecule has 0 aromatic carbocycles. The lowest BCUT2D eigenvalue weighted by atomic mass is 9.84. The summed E-state index contributed by atoms with van der Waals surface area (Å²) >= 11 is 2.20. The predicted molar refractivity (Wildman–Crippen MR) is 86.3 cm³/mol. The zero-order chi connectivity index (χ0) is 14.5. The highest BCUT2D eigenvalue weighted by Gasteiger charge is 2.52. The highest BCUT2D eigenvalue weighted by atomic mass is 127. The first-order valence-corrected chi connectivity index (χ1v) is 8.04. The van der Waals surface area contributed by atoms with Crippen molar-refractivity contribution in [2.75, 3.05) is 0 Å². The van der Waals surface area contributed by atoms with Gasteiger partial charge in [0.2, 0.25) is 0 Å². The van der Waals surface area contributed by atoms with Crippen LogP contribution >= 0.6 is 22.6 Å². The van der Waals surface area contributed by atoms with Gasteiger partial charge in [0, 0.05) is 6.07 Å². The molecule has 108 valence electrons. The molecule has 0 N–H and O–H groups in total. The van der Waals surface area contributed by atoms with E-state index < -0.39 is 7.12 Å². The first-order valence-electron chi connectivity index (χ1n) is 6.97. The van der Waals surface area contributed by atoms with Crippen molar-refractivity contribution in [3.8, 4) is 5.75 Å². The minimum atomic E-state index is -0.434. The van der Waals surface area contributed by atoms with E-state index in [9.17, 15) is 0 Å². The van der Waals surface area contributed by atoms with E-state index in [4.69, 9.17) is 14.0 Å². The highest BCUT2D eigenvalue weighted by Crippen LogP contribution is 2.36. The maximum Gasteiger partial charge on any atom is 0.514 e. The predicted octanol–water partition coefficient (Wildman–Crippen LogP) is 2.53. The fraction of sp³-hybridized carbons (Fsp3) is 0.643. The molecule has 2 heterocycles. The Balaban J connectivity index is 1.85. The Labute approximate surface area is 133 Å². The molecule has 0 radical (unpaired) electrons. The van der Waals surface area contributed by atoms with Crippen LogP contribution in [0.15, 0.2) is 12.1 Å². The molecule has 6 heteroatoms. The molecule has 1 aliphatic carbocycles. The summed E-state index contributed by atoms with van der Waals surface area (Å²) in [7, 11) is -0.434. The van der Waals surface area contributed by atoms with Gasteiger partial charge in [-0.1, -0.05) is 0 Å². The normalized spacial score (nSPS) is 23.9. The van der Waals surface area contributed by atoms with Crippen LogP contribution in [0.3, 0.4) is 0 Å². The Morgan fingerprint density at radius 2 is 1.80 bits per heavy atom. The minimum Gasteiger partial charge on any atom is -0.490 e. The van der Waals surface area contributed by atoms with Crippen LogP contribution in [0.25, 0.3) is 0 Å². The van der Waals surface area contributed by atoms with Gasteiger partial charge in [0.25, 0.3) is 0 Å². The molecular weight excluding hydrogens is 368 g/mol. The van der Waals surface area contributed by atoms with E-state index in [-0.39, 0.29) is 11.2 Å². The van der Waals surface area contributed by atoms with E-state index in [2.05, 4.69) is 27.6 Å². The van der Waals surface area contributed by atoms with Crippen molar-refractivity contribution in [1.29, 1.82) is 0 Å². The number of ether oxygens (including phenoxy) is 1. The van der Waals surface area contributed by atoms with Gasteiger partial charge in [0.1, 0.15) is 9.45 Å². The third-order valence-corrected chi connectivity index (χ3v) is 4.66. The topological polar surface area (TPSA) is 40.6 Å². The first kappa shape index (κ1) is 14.6. The number of halogens is 1. The number of hydrogen-bond donors (Lipinski definition) is 0. The monoisotopic (exact) mass is 387 g/mol. The van der Waals surface area contributed by atoms with Crippen LogP contribution in [0.1, 0.15) is 40.5 Å². The summed E-state index contributed by atoms with van der Waals surface area (Å²) in [5.74, 6) is 0.858. The second-order valence-electron chi connectivity index (χ2n) is 6.46. The zero-order valence-electron chi connectivity index (χ0n) is 12.3. The molecule has 3 rings (SSSR count). The van der Waals surface area contributed by atoms with Crippen molar-refractivity contribution in [2.45, 2.75) is 57.8 Å². The van der Waals surface area contributed by atoms with E-state index in [0.717, 1.165) is 27.9 Å². The smallest absolute Gasteiger partial charge is 0.490 e. The fourth-order valence-electron chi connectivity index (χ4n) is 2.02. The molecule has 0 atom stereocenters. The van der Waals surface area contributed by atoms with Crippen molar-refractivity contribution < 1.29 is 14.0 Å². The summed E-state index contributed by atoms with van der Waals surface area (Å²) in [6, 6.07) is 3.89. The zero-order valence-corrected chi connectivity index (χ0v) is 14.4. The maximum absolute atomic E-state index is 6.04. The molecule has 20 heavy (non-hydrogen) atoms. The van der Waals surface area contributed by atoms with Gasteiger partial charge in [-0.25, -0.2) is 0 Å². The minimum absolute atomic E-state index is 0.349. The largest absolute Gasteiger partial charge is 0.514 e. The summed E-state index contributed by atoms with van der Waals surface area (Å²) in [6.45, 7) is 8.18. The Morgan fingerprint density at radius 3 is 2.35 bits per heavy atom. The Kier molecular flexibility index (Phi) is 3.54. The summed E-state index contributed by atoms with van der Waals surface area (Å²) < 4.78 is 18.8. The first-order chi connectivity index (χ1) is 9.27. The van der Waals surface area contributed by atoms with Gasteiger partial charge in [0.05, 0.1) is 22.9 Å². The molecule has 1 aromatic heterocycles. The van der Waals surface area contributed by atoms with Crippen LogP contribution in [-0.4, -0.2) is 29.4 Å². The van der Waals surface area contributed by atoms with Gasteiger partial charge in [-0.15, -0.1) is 0 Å². The summed E-state index contributed by atoms with van der Waals surface area (Å²) in [5.41, 5.74) is 0.0854. The second kappa shape index (κ2) is 4.85. The molecular formula is C14H19BINO3. The second-order valence-corrected chi connectivity index (χ2v) is 7.56. The summed E-state index contributed by atoms with van der Waals surface area (Å²) in [6.07, 6.45) is 2.66. The molecule has 2 fully saturated rings. The Hall–Kier alpha value is -0.335. The van der Waals surface area contributed by atoms with Crippen molar-refractivity contribution in [3.63, 3.8) is 0 Å². The van der Waals surface area contributed by atoms with E-state index in [0.29, 0.717) is 6.10 Å². The average Bonchev–Trinajstić information content (AvgIpc) is 3.06. The third kappa shape index (κ3) is 2.83. The number of nitrogens with zero attached hydrogens (tertiary/aromatic N) is 1. The molecule has 0 unspecified atom stereocenters. The fourth-order valence-corrected chi connectivity index (χ4v) is 2.61. The number of rotatable bonds is 3.